The smallest absolute Gasteiger partial charge is 0.135 e. The number of hydrogen-bond acceptors (Lipinski definition) is 3. The predicted molar refractivity (Wildman–Crippen MR) is 63.8 cm³/mol. The van der Waals surface area contributed by atoms with Crippen LogP contribution in [-0.4, -0.2) is 32.1 Å². The maximum absolute atomic E-state index is 5.58. The number of hydrogen-bond donors (Lipinski definition) is 1. The van der Waals surface area contributed by atoms with Crippen molar-refractivity contribution in [1.29, 1.82) is 0 Å². The van der Waals surface area contributed by atoms with E-state index in [0.29, 0.717) is 12.0 Å². The van der Waals surface area contributed by atoms with Crippen molar-refractivity contribution in [2.75, 3.05) is 27.2 Å². The van der Waals surface area contributed by atoms with Gasteiger partial charge in [-0.15, -0.1) is 0 Å². The number of furan rings is 1. The Balaban J connectivity index is 2.21. The van der Waals surface area contributed by atoms with E-state index < -0.39 is 0 Å². The van der Waals surface area contributed by atoms with Crippen LogP contribution < -0.4 is 5.32 Å². The van der Waals surface area contributed by atoms with Gasteiger partial charge in [0.2, 0.25) is 0 Å². The van der Waals surface area contributed by atoms with Gasteiger partial charge in [0.25, 0.3) is 0 Å². The van der Waals surface area contributed by atoms with Crippen molar-refractivity contribution in [3.05, 3.63) is 22.6 Å². The Hall–Kier alpha value is -0.320. The lowest BCUT2D eigenvalue weighted by Crippen LogP contribution is -2.26. The molecule has 1 aromatic heterocycles. The Morgan fingerprint density at radius 3 is 3.07 bits per heavy atom. The van der Waals surface area contributed by atoms with E-state index in [-0.39, 0.29) is 0 Å². The van der Waals surface area contributed by atoms with Crippen LogP contribution in [0.2, 0.25) is 0 Å². The molecule has 2 unspecified atom stereocenters. The quantitative estimate of drug-likeness (QED) is 0.915. The lowest BCUT2D eigenvalue weighted by Gasteiger charge is -2.23. The number of rotatable bonds is 3. The molecule has 3 nitrogen and oxygen atoms in total. The fraction of sp³-hybridized carbons (Fsp3) is 0.636. The molecule has 0 aromatic carbocycles. The summed E-state index contributed by atoms with van der Waals surface area (Å²) in [4.78, 5) is 2.37. The molecule has 0 saturated carbocycles. The van der Waals surface area contributed by atoms with Crippen molar-refractivity contribution in [1.82, 2.24) is 10.2 Å². The molecule has 1 aliphatic rings. The minimum absolute atomic E-state index is 0.404. The lowest BCUT2D eigenvalue weighted by atomic mass is 9.98. The highest BCUT2D eigenvalue weighted by Crippen LogP contribution is 2.39. The van der Waals surface area contributed by atoms with E-state index in [4.69, 9.17) is 4.42 Å². The number of nitrogens with one attached hydrogen (secondary N) is 1. The largest absolute Gasteiger partial charge is 0.466 e. The van der Waals surface area contributed by atoms with E-state index in [1.165, 1.54) is 6.42 Å². The molecular weight excluding hydrogens is 256 g/mol. The van der Waals surface area contributed by atoms with Gasteiger partial charge in [-0.1, -0.05) is 0 Å². The maximum atomic E-state index is 5.58. The Morgan fingerprint density at radius 2 is 2.47 bits per heavy atom. The van der Waals surface area contributed by atoms with Crippen LogP contribution in [0.3, 0.4) is 0 Å². The summed E-state index contributed by atoms with van der Waals surface area (Å²) in [6.07, 6.45) is 2.98. The van der Waals surface area contributed by atoms with Gasteiger partial charge in [-0.25, -0.2) is 0 Å². The van der Waals surface area contributed by atoms with Gasteiger partial charge in [-0.05, 0) is 61.5 Å². The van der Waals surface area contributed by atoms with Gasteiger partial charge in [0.1, 0.15) is 5.76 Å². The predicted octanol–water partition coefficient (Wildman–Crippen LogP) is 2.25. The van der Waals surface area contributed by atoms with Crippen LogP contribution in [0.15, 0.2) is 21.2 Å². The molecule has 4 heteroatoms. The summed E-state index contributed by atoms with van der Waals surface area (Å²) in [5, 5.41) is 3.26. The standard InChI is InChI=1S/C11H17BrN2O/c1-13-7-8-3-5-14(2)10(8)11-9(12)4-6-15-11/h4,6,8,10,13H,3,5,7H2,1-2H3. The zero-order valence-electron chi connectivity index (χ0n) is 9.16. The third-order valence-electron chi connectivity index (χ3n) is 3.15. The van der Waals surface area contributed by atoms with E-state index in [0.717, 1.165) is 23.3 Å². The van der Waals surface area contributed by atoms with Gasteiger partial charge in [-0.3, -0.25) is 4.90 Å². The number of halogens is 1. The Morgan fingerprint density at radius 1 is 1.67 bits per heavy atom. The van der Waals surface area contributed by atoms with Crippen LogP contribution in [0, 0.1) is 5.92 Å². The number of nitrogens with zero attached hydrogens (tertiary/aromatic N) is 1. The van der Waals surface area contributed by atoms with E-state index in [2.05, 4.69) is 33.2 Å². The second-order valence-electron chi connectivity index (χ2n) is 4.16. The average Bonchev–Trinajstić information content (AvgIpc) is 2.75. The van der Waals surface area contributed by atoms with E-state index in [1.807, 2.05) is 13.1 Å². The van der Waals surface area contributed by atoms with Crippen molar-refractivity contribution in [2.45, 2.75) is 12.5 Å². The molecule has 0 spiro atoms. The third-order valence-corrected chi connectivity index (χ3v) is 3.81. The minimum atomic E-state index is 0.404. The van der Waals surface area contributed by atoms with Gasteiger partial charge in [0.05, 0.1) is 16.8 Å². The lowest BCUT2D eigenvalue weighted by molar-refractivity contribution is 0.235. The van der Waals surface area contributed by atoms with E-state index >= 15 is 0 Å². The Labute approximate surface area is 99.0 Å². The van der Waals surface area contributed by atoms with E-state index in [9.17, 15) is 0 Å². The van der Waals surface area contributed by atoms with Crippen molar-refractivity contribution in [2.24, 2.45) is 5.92 Å². The first-order valence-electron chi connectivity index (χ1n) is 5.31. The van der Waals surface area contributed by atoms with Crippen LogP contribution in [0.25, 0.3) is 0 Å². The summed E-state index contributed by atoms with van der Waals surface area (Å²) in [6.45, 7) is 2.19. The van der Waals surface area contributed by atoms with Crippen LogP contribution in [-0.2, 0) is 0 Å². The molecule has 1 aromatic rings. The molecule has 0 aliphatic carbocycles. The molecule has 15 heavy (non-hydrogen) atoms. The molecular formula is C11H17BrN2O. The maximum Gasteiger partial charge on any atom is 0.135 e. The van der Waals surface area contributed by atoms with Crippen LogP contribution in [0.1, 0.15) is 18.2 Å². The molecule has 2 heterocycles. The molecule has 1 N–H and O–H groups in total. The van der Waals surface area contributed by atoms with Gasteiger partial charge in [0.15, 0.2) is 0 Å². The summed E-state index contributed by atoms with van der Waals surface area (Å²) in [7, 11) is 4.17. The number of likely N-dealkylation sites (tertiary alicyclic amines) is 1. The molecule has 1 aliphatic heterocycles. The molecule has 2 rings (SSSR count). The average molecular weight is 273 g/mol. The zero-order valence-corrected chi connectivity index (χ0v) is 10.8. The van der Waals surface area contributed by atoms with Gasteiger partial charge in [0, 0.05) is 0 Å². The fourth-order valence-corrected chi connectivity index (χ4v) is 2.87. The van der Waals surface area contributed by atoms with Gasteiger partial charge < -0.3 is 9.73 Å². The highest BCUT2D eigenvalue weighted by atomic mass is 79.9. The van der Waals surface area contributed by atoms with Gasteiger partial charge in [-0.2, -0.15) is 0 Å². The van der Waals surface area contributed by atoms with Crippen LogP contribution in [0.4, 0.5) is 0 Å². The summed E-state index contributed by atoms with van der Waals surface area (Å²) in [5.41, 5.74) is 0. The molecule has 0 bridgehead atoms. The first-order valence-corrected chi connectivity index (χ1v) is 6.11. The monoisotopic (exact) mass is 272 g/mol. The molecule has 2 atom stereocenters. The molecule has 1 saturated heterocycles. The minimum Gasteiger partial charge on any atom is -0.466 e. The fourth-order valence-electron chi connectivity index (χ4n) is 2.43. The second-order valence-corrected chi connectivity index (χ2v) is 5.02. The van der Waals surface area contributed by atoms with Crippen molar-refractivity contribution in [3.63, 3.8) is 0 Å². The molecule has 0 amide bonds. The van der Waals surface area contributed by atoms with Crippen LogP contribution in [0.5, 0.6) is 0 Å². The first-order chi connectivity index (χ1) is 7.24. The van der Waals surface area contributed by atoms with E-state index in [1.54, 1.807) is 6.26 Å². The zero-order chi connectivity index (χ0) is 10.8. The Kier molecular flexibility index (Phi) is 3.49. The van der Waals surface area contributed by atoms with Crippen molar-refractivity contribution < 1.29 is 4.42 Å². The molecule has 84 valence electrons. The first kappa shape index (κ1) is 11.2. The SMILES string of the molecule is CNCC1CCN(C)C1c1occc1Br. The van der Waals surface area contributed by atoms with Gasteiger partial charge >= 0.3 is 0 Å². The Bertz CT molecular complexity index is 324. The second kappa shape index (κ2) is 4.68. The summed E-state index contributed by atoms with van der Waals surface area (Å²) < 4.78 is 6.66. The topological polar surface area (TPSA) is 28.4 Å². The highest BCUT2D eigenvalue weighted by Gasteiger charge is 2.35. The molecule has 0 radical (unpaired) electrons. The third kappa shape index (κ3) is 2.12. The van der Waals surface area contributed by atoms with Crippen molar-refractivity contribution >= 4 is 15.9 Å². The summed E-state index contributed by atoms with van der Waals surface area (Å²) >= 11 is 3.54. The highest BCUT2D eigenvalue weighted by molar-refractivity contribution is 9.10. The summed E-state index contributed by atoms with van der Waals surface area (Å²) in [6, 6.07) is 2.37. The summed E-state index contributed by atoms with van der Waals surface area (Å²) in [5.74, 6) is 1.71. The van der Waals surface area contributed by atoms with Crippen LogP contribution >= 0.6 is 15.9 Å². The van der Waals surface area contributed by atoms with Crippen molar-refractivity contribution in [3.8, 4) is 0 Å². The molecule has 1 fully saturated rings. The normalized spacial score (nSPS) is 27.4.